The smallest absolute Gasteiger partial charge is 0.209 e. The maximum absolute atomic E-state index is 10.8. The number of hydrogen-bond donors (Lipinski definition) is 0. The molecule has 0 N–H and O–H groups in total. The predicted molar refractivity (Wildman–Crippen MR) is 143 cm³/mol. The van der Waals surface area contributed by atoms with E-state index >= 15 is 0 Å². The predicted octanol–water partition coefficient (Wildman–Crippen LogP) is 5.25. The summed E-state index contributed by atoms with van der Waals surface area (Å²) in [6, 6.07) is 23.7. The van der Waals surface area contributed by atoms with Crippen molar-refractivity contribution in [1.82, 2.24) is 9.21 Å². The van der Waals surface area contributed by atoms with Crippen LogP contribution >= 0.6 is 11.9 Å². The normalized spacial score (nSPS) is 10.2. The zero-order valence-corrected chi connectivity index (χ0v) is 21.7. The van der Waals surface area contributed by atoms with E-state index < -0.39 is 0 Å². The lowest BCUT2D eigenvalue weighted by molar-refractivity contribution is -0.116. The first-order chi connectivity index (χ1) is 17.0. The van der Waals surface area contributed by atoms with E-state index in [0.29, 0.717) is 0 Å². The van der Waals surface area contributed by atoms with Gasteiger partial charge >= 0.3 is 0 Å². The molecule has 0 radical (unpaired) electrons. The van der Waals surface area contributed by atoms with Crippen LogP contribution in [-0.2, 0) is 17.9 Å². The Morgan fingerprint density at radius 2 is 1.31 bits per heavy atom. The Hall–Kier alpha value is -3.29. The molecule has 0 bridgehead atoms. The van der Waals surface area contributed by atoms with Crippen molar-refractivity contribution in [3.63, 3.8) is 0 Å². The second-order valence-corrected chi connectivity index (χ2v) is 9.07. The van der Waals surface area contributed by atoms with Crippen LogP contribution in [0.5, 0.6) is 11.5 Å². The lowest BCUT2D eigenvalue weighted by Gasteiger charge is -2.22. The van der Waals surface area contributed by atoms with Gasteiger partial charge in [0, 0.05) is 38.0 Å². The van der Waals surface area contributed by atoms with Crippen molar-refractivity contribution in [2.45, 2.75) is 20.0 Å². The molecular weight excluding hydrogens is 460 g/mol. The van der Waals surface area contributed by atoms with Crippen LogP contribution in [0.2, 0.25) is 0 Å². The average Bonchev–Trinajstić information content (AvgIpc) is 2.90. The van der Waals surface area contributed by atoms with E-state index in [2.05, 4.69) is 28.6 Å². The molecule has 3 aromatic rings. The van der Waals surface area contributed by atoms with Crippen molar-refractivity contribution in [3.05, 3.63) is 95.1 Å². The number of ether oxygens (including phenoxy) is 2. The molecule has 0 aliphatic rings. The summed E-state index contributed by atoms with van der Waals surface area (Å²) in [5.41, 5.74) is 4.25. The fourth-order valence-corrected chi connectivity index (χ4v) is 4.21. The summed E-state index contributed by atoms with van der Waals surface area (Å²) in [5.74, 6) is 2.56. The number of rotatable bonds is 12. The standard InChI is InChI=1S/C20H26N2O3S.C8H8O/c1-21(16-23)12-13-26-22(14-17-4-8-19(24-2)9-5-17)15-18-6-10-20(25-3)11-7-18;1-7-4-2-3-5-8(7)6-9/h4-11,16H,12-15H2,1-3H3;2-6H,1H3. The molecule has 0 saturated carbocycles. The lowest BCUT2D eigenvalue weighted by Crippen LogP contribution is -2.22. The van der Waals surface area contributed by atoms with Gasteiger partial charge in [0.25, 0.3) is 0 Å². The molecule has 0 saturated heterocycles. The van der Waals surface area contributed by atoms with Crippen LogP contribution in [0.1, 0.15) is 27.0 Å². The highest BCUT2D eigenvalue weighted by Crippen LogP contribution is 2.22. The monoisotopic (exact) mass is 494 g/mol. The molecule has 186 valence electrons. The molecule has 1 amide bonds. The molecule has 35 heavy (non-hydrogen) atoms. The fourth-order valence-electron chi connectivity index (χ4n) is 3.10. The molecule has 6 nitrogen and oxygen atoms in total. The number of amides is 1. The van der Waals surface area contributed by atoms with Gasteiger partial charge in [-0.25, -0.2) is 4.31 Å². The van der Waals surface area contributed by atoms with Crippen LogP contribution in [0.25, 0.3) is 0 Å². The third kappa shape index (κ3) is 10.2. The minimum absolute atomic E-state index is 0.718. The highest BCUT2D eigenvalue weighted by atomic mass is 32.2. The van der Waals surface area contributed by atoms with Gasteiger partial charge in [-0.05, 0) is 47.9 Å². The van der Waals surface area contributed by atoms with Crippen molar-refractivity contribution in [3.8, 4) is 11.5 Å². The van der Waals surface area contributed by atoms with Crippen LogP contribution < -0.4 is 9.47 Å². The molecule has 3 rings (SSSR count). The van der Waals surface area contributed by atoms with Gasteiger partial charge in [0.05, 0.1) is 14.2 Å². The molecule has 0 fully saturated rings. The van der Waals surface area contributed by atoms with Gasteiger partial charge in [-0.3, -0.25) is 9.59 Å². The van der Waals surface area contributed by atoms with Crippen LogP contribution in [0.3, 0.4) is 0 Å². The number of aryl methyl sites for hydroxylation is 1. The molecule has 0 aliphatic heterocycles. The zero-order chi connectivity index (χ0) is 25.5. The number of methoxy groups -OCH3 is 2. The lowest BCUT2D eigenvalue weighted by atomic mass is 10.1. The molecular formula is C28H34N2O4S. The maximum atomic E-state index is 10.8. The second kappa shape index (κ2) is 15.6. The molecule has 0 unspecified atom stereocenters. The molecule has 0 aromatic heterocycles. The third-order valence-electron chi connectivity index (χ3n) is 5.25. The highest BCUT2D eigenvalue weighted by molar-refractivity contribution is 7.97. The largest absolute Gasteiger partial charge is 0.497 e. The average molecular weight is 495 g/mol. The van der Waals surface area contributed by atoms with Gasteiger partial charge in [0.15, 0.2) is 0 Å². The summed E-state index contributed by atoms with van der Waals surface area (Å²) in [7, 11) is 5.14. The molecule has 7 heteroatoms. The summed E-state index contributed by atoms with van der Waals surface area (Å²) in [6.45, 7) is 4.26. The van der Waals surface area contributed by atoms with E-state index in [1.54, 1.807) is 38.1 Å². The molecule has 0 aliphatic carbocycles. The van der Waals surface area contributed by atoms with Crippen molar-refractivity contribution in [2.75, 3.05) is 33.6 Å². The highest BCUT2D eigenvalue weighted by Gasteiger charge is 2.09. The Balaban J connectivity index is 0.000000402. The number of aldehydes is 1. The Kier molecular flexibility index (Phi) is 12.4. The van der Waals surface area contributed by atoms with E-state index in [1.807, 2.05) is 55.5 Å². The Morgan fingerprint density at radius 3 is 1.71 bits per heavy atom. The summed E-state index contributed by atoms with van der Waals surface area (Å²) >= 11 is 1.75. The number of hydrogen-bond acceptors (Lipinski definition) is 6. The molecule has 0 spiro atoms. The van der Waals surface area contributed by atoms with Crippen molar-refractivity contribution in [2.24, 2.45) is 0 Å². The van der Waals surface area contributed by atoms with Gasteiger partial charge in [-0.1, -0.05) is 60.5 Å². The van der Waals surface area contributed by atoms with Crippen LogP contribution in [0.4, 0.5) is 0 Å². The zero-order valence-electron chi connectivity index (χ0n) is 20.8. The summed E-state index contributed by atoms with van der Waals surface area (Å²) in [6.07, 6.45) is 1.73. The van der Waals surface area contributed by atoms with Crippen molar-refractivity contribution < 1.29 is 19.1 Å². The SMILES string of the molecule is COc1ccc(CN(Cc2ccc(OC)cc2)SCCN(C)C=O)cc1.Cc1ccccc1C=O. The van der Waals surface area contributed by atoms with Crippen molar-refractivity contribution in [1.29, 1.82) is 0 Å². The van der Waals surface area contributed by atoms with Gasteiger partial charge < -0.3 is 14.4 Å². The summed E-state index contributed by atoms with van der Waals surface area (Å²) < 4.78 is 12.8. The third-order valence-corrected chi connectivity index (χ3v) is 6.24. The quantitative estimate of drug-likeness (QED) is 0.253. The Labute approximate surface area is 213 Å². The van der Waals surface area contributed by atoms with E-state index in [1.165, 1.54) is 11.1 Å². The van der Waals surface area contributed by atoms with Gasteiger partial charge in [0.2, 0.25) is 6.41 Å². The van der Waals surface area contributed by atoms with E-state index in [-0.39, 0.29) is 0 Å². The number of benzene rings is 3. The number of carbonyl (C=O) groups is 2. The second-order valence-electron chi connectivity index (χ2n) is 7.89. The summed E-state index contributed by atoms with van der Waals surface area (Å²) in [4.78, 5) is 22.6. The van der Waals surface area contributed by atoms with Crippen LogP contribution in [-0.4, -0.2) is 55.5 Å². The maximum Gasteiger partial charge on any atom is 0.209 e. The van der Waals surface area contributed by atoms with Crippen LogP contribution in [0.15, 0.2) is 72.8 Å². The Morgan fingerprint density at radius 1 is 0.800 bits per heavy atom. The van der Waals surface area contributed by atoms with E-state index in [4.69, 9.17) is 9.47 Å². The van der Waals surface area contributed by atoms with E-state index in [9.17, 15) is 9.59 Å². The first kappa shape index (κ1) is 28.0. The van der Waals surface area contributed by atoms with Gasteiger partial charge in [0.1, 0.15) is 17.8 Å². The molecule has 0 atom stereocenters. The molecule has 0 heterocycles. The minimum atomic E-state index is 0.718. The van der Waals surface area contributed by atoms with E-state index in [0.717, 1.165) is 60.7 Å². The first-order valence-corrected chi connectivity index (χ1v) is 12.2. The van der Waals surface area contributed by atoms with Crippen LogP contribution in [0, 0.1) is 6.92 Å². The molecule has 3 aromatic carbocycles. The van der Waals surface area contributed by atoms with Gasteiger partial charge in [-0.15, -0.1) is 0 Å². The number of carbonyl (C=O) groups excluding carboxylic acids is 2. The minimum Gasteiger partial charge on any atom is -0.497 e. The first-order valence-electron chi connectivity index (χ1n) is 11.3. The van der Waals surface area contributed by atoms with Gasteiger partial charge in [-0.2, -0.15) is 0 Å². The topological polar surface area (TPSA) is 59.1 Å². The fraction of sp³-hybridized carbons (Fsp3) is 0.286. The number of nitrogens with zero attached hydrogens (tertiary/aromatic N) is 2. The Bertz CT molecular complexity index is 976. The summed E-state index contributed by atoms with van der Waals surface area (Å²) in [5, 5.41) is 0. The van der Waals surface area contributed by atoms with Crippen molar-refractivity contribution >= 4 is 24.6 Å².